The number of nitrogens with zero attached hydrogens (tertiary/aromatic N) is 1. The highest BCUT2D eigenvalue weighted by molar-refractivity contribution is 6.30. The van der Waals surface area contributed by atoms with Crippen molar-refractivity contribution in [1.29, 1.82) is 0 Å². The molecule has 1 radical (unpaired) electrons. The van der Waals surface area contributed by atoms with Gasteiger partial charge in [-0.15, -0.1) is 0 Å². The van der Waals surface area contributed by atoms with Crippen LogP contribution in [0.1, 0.15) is 11.1 Å². The molecule has 0 unspecified atom stereocenters. The Morgan fingerprint density at radius 3 is 2.90 bits per heavy atom. The van der Waals surface area contributed by atoms with Crippen molar-refractivity contribution in [2.75, 3.05) is 0 Å². The van der Waals surface area contributed by atoms with E-state index in [4.69, 9.17) is 11.6 Å². The lowest BCUT2D eigenvalue weighted by Crippen LogP contribution is -1.88. The van der Waals surface area contributed by atoms with Crippen molar-refractivity contribution in [1.82, 2.24) is 5.32 Å². The fourth-order valence-electron chi connectivity index (χ4n) is 1.19. The van der Waals surface area contributed by atoms with Crippen molar-refractivity contribution < 1.29 is 0 Å². The summed E-state index contributed by atoms with van der Waals surface area (Å²) >= 11 is 5.78. The molecule has 0 saturated heterocycles. The first-order valence-electron chi connectivity index (χ1n) is 3.27. The second kappa shape index (κ2) is 2.26. The summed E-state index contributed by atoms with van der Waals surface area (Å²) < 4.78 is 0. The van der Waals surface area contributed by atoms with Crippen LogP contribution in [-0.2, 0) is 13.1 Å². The molecule has 0 N–H and O–H groups in total. The van der Waals surface area contributed by atoms with Gasteiger partial charge in [-0.2, -0.15) is 0 Å². The lowest BCUT2D eigenvalue weighted by molar-refractivity contribution is 0.746. The second-order valence-corrected chi connectivity index (χ2v) is 2.89. The molecule has 0 atom stereocenters. The standard InChI is InChI=1S/C8H7ClN/c9-8-2-1-6-4-10-5-7(6)3-8/h1-3H,4-5H2. The quantitative estimate of drug-likeness (QED) is 0.540. The first kappa shape index (κ1) is 6.20. The smallest absolute Gasteiger partial charge is 0.0409 e. The molecular formula is C8H7ClN. The third kappa shape index (κ3) is 0.917. The minimum atomic E-state index is 0.816. The van der Waals surface area contributed by atoms with E-state index >= 15 is 0 Å². The highest BCUT2D eigenvalue weighted by Crippen LogP contribution is 2.20. The molecular weight excluding hydrogens is 146 g/mol. The molecule has 0 amide bonds. The Morgan fingerprint density at radius 1 is 1.20 bits per heavy atom. The number of fused-ring (bicyclic) bond motifs is 1. The van der Waals surface area contributed by atoms with Gasteiger partial charge in [0.15, 0.2) is 0 Å². The Labute approximate surface area is 65.0 Å². The maximum Gasteiger partial charge on any atom is 0.0409 e. The van der Waals surface area contributed by atoms with Gasteiger partial charge in [-0.3, -0.25) is 0 Å². The van der Waals surface area contributed by atoms with Crippen LogP contribution in [0.5, 0.6) is 0 Å². The van der Waals surface area contributed by atoms with Crippen LogP contribution in [0.4, 0.5) is 0 Å². The molecule has 0 bridgehead atoms. The van der Waals surface area contributed by atoms with Gasteiger partial charge in [0.25, 0.3) is 0 Å². The summed E-state index contributed by atoms with van der Waals surface area (Å²) in [5.41, 5.74) is 2.61. The zero-order valence-electron chi connectivity index (χ0n) is 5.47. The van der Waals surface area contributed by atoms with E-state index in [-0.39, 0.29) is 0 Å². The molecule has 0 spiro atoms. The number of hydrogen-bond donors (Lipinski definition) is 0. The van der Waals surface area contributed by atoms with Gasteiger partial charge in [-0.05, 0) is 23.3 Å². The molecule has 1 aliphatic rings. The van der Waals surface area contributed by atoms with E-state index in [0.717, 1.165) is 18.1 Å². The van der Waals surface area contributed by atoms with Gasteiger partial charge in [0.1, 0.15) is 0 Å². The Hall–Kier alpha value is -0.530. The molecule has 51 valence electrons. The maximum absolute atomic E-state index is 5.78. The highest BCUT2D eigenvalue weighted by Gasteiger charge is 2.09. The average molecular weight is 153 g/mol. The van der Waals surface area contributed by atoms with Gasteiger partial charge in [-0.25, -0.2) is 5.32 Å². The van der Waals surface area contributed by atoms with Crippen LogP contribution < -0.4 is 5.32 Å². The minimum Gasteiger partial charge on any atom is -0.232 e. The van der Waals surface area contributed by atoms with Gasteiger partial charge < -0.3 is 0 Å². The molecule has 2 rings (SSSR count). The molecule has 1 aliphatic heterocycles. The van der Waals surface area contributed by atoms with Gasteiger partial charge in [0.2, 0.25) is 0 Å². The summed E-state index contributed by atoms with van der Waals surface area (Å²) in [6.07, 6.45) is 0. The lowest BCUT2D eigenvalue weighted by Gasteiger charge is -1.95. The number of hydrogen-bond acceptors (Lipinski definition) is 0. The van der Waals surface area contributed by atoms with Crippen molar-refractivity contribution in [3.05, 3.63) is 34.3 Å². The van der Waals surface area contributed by atoms with E-state index in [1.54, 1.807) is 0 Å². The molecule has 1 aromatic rings. The fraction of sp³-hybridized carbons (Fsp3) is 0.250. The van der Waals surface area contributed by atoms with E-state index in [9.17, 15) is 0 Å². The second-order valence-electron chi connectivity index (χ2n) is 2.45. The Kier molecular flexibility index (Phi) is 1.40. The third-order valence-corrected chi connectivity index (χ3v) is 1.97. The summed E-state index contributed by atoms with van der Waals surface area (Å²) in [7, 11) is 0. The SMILES string of the molecule is Clc1ccc2c(c1)C[N]C2. The fourth-order valence-corrected chi connectivity index (χ4v) is 1.39. The zero-order valence-corrected chi connectivity index (χ0v) is 6.23. The molecule has 0 aliphatic carbocycles. The van der Waals surface area contributed by atoms with E-state index in [0.29, 0.717) is 0 Å². The first-order chi connectivity index (χ1) is 4.86. The predicted octanol–water partition coefficient (Wildman–Crippen LogP) is 1.96. The van der Waals surface area contributed by atoms with Crippen LogP contribution in [-0.4, -0.2) is 0 Å². The Bertz CT molecular complexity index is 257. The predicted molar refractivity (Wildman–Crippen MR) is 41.0 cm³/mol. The summed E-state index contributed by atoms with van der Waals surface area (Å²) in [6.45, 7) is 1.71. The number of benzene rings is 1. The largest absolute Gasteiger partial charge is 0.232 e. The van der Waals surface area contributed by atoms with E-state index in [2.05, 4.69) is 5.32 Å². The number of halogens is 1. The average Bonchev–Trinajstić information content (AvgIpc) is 2.33. The lowest BCUT2D eigenvalue weighted by atomic mass is 10.1. The van der Waals surface area contributed by atoms with Crippen molar-refractivity contribution in [2.45, 2.75) is 13.1 Å². The summed E-state index contributed by atoms with van der Waals surface area (Å²) in [5, 5.41) is 5.05. The van der Waals surface area contributed by atoms with Gasteiger partial charge in [-0.1, -0.05) is 17.7 Å². The zero-order chi connectivity index (χ0) is 6.97. The van der Waals surface area contributed by atoms with E-state index in [1.165, 1.54) is 11.1 Å². The Morgan fingerprint density at radius 2 is 2.00 bits per heavy atom. The van der Waals surface area contributed by atoms with E-state index in [1.807, 2.05) is 18.2 Å². The third-order valence-electron chi connectivity index (χ3n) is 1.73. The normalized spacial score (nSPS) is 15.3. The monoisotopic (exact) mass is 152 g/mol. The minimum absolute atomic E-state index is 0.816. The summed E-state index contributed by atoms with van der Waals surface area (Å²) in [4.78, 5) is 0. The van der Waals surface area contributed by atoms with Gasteiger partial charge in [0.05, 0.1) is 0 Å². The summed E-state index contributed by atoms with van der Waals surface area (Å²) in [6, 6.07) is 5.96. The van der Waals surface area contributed by atoms with Gasteiger partial charge in [0, 0.05) is 18.1 Å². The number of rotatable bonds is 0. The van der Waals surface area contributed by atoms with Crippen molar-refractivity contribution in [3.8, 4) is 0 Å². The van der Waals surface area contributed by atoms with E-state index < -0.39 is 0 Å². The first-order valence-corrected chi connectivity index (χ1v) is 3.64. The van der Waals surface area contributed by atoms with Crippen LogP contribution in [0.15, 0.2) is 18.2 Å². The van der Waals surface area contributed by atoms with Crippen molar-refractivity contribution >= 4 is 11.6 Å². The van der Waals surface area contributed by atoms with Crippen LogP contribution in [0, 0.1) is 0 Å². The van der Waals surface area contributed by atoms with Crippen LogP contribution in [0.2, 0.25) is 5.02 Å². The van der Waals surface area contributed by atoms with Crippen LogP contribution >= 0.6 is 11.6 Å². The van der Waals surface area contributed by atoms with Crippen LogP contribution in [0.25, 0.3) is 0 Å². The molecule has 0 fully saturated rings. The van der Waals surface area contributed by atoms with Crippen molar-refractivity contribution in [3.63, 3.8) is 0 Å². The Balaban J connectivity index is 2.52. The molecule has 0 saturated carbocycles. The molecule has 2 heteroatoms. The molecule has 10 heavy (non-hydrogen) atoms. The summed E-state index contributed by atoms with van der Waals surface area (Å²) in [5.74, 6) is 0. The molecule has 1 aromatic carbocycles. The van der Waals surface area contributed by atoms with Gasteiger partial charge >= 0.3 is 0 Å². The highest BCUT2D eigenvalue weighted by atomic mass is 35.5. The molecule has 1 heterocycles. The van der Waals surface area contributed by atoms with Crippen molar-refractivity contribution in [2.24, 2.45) is 0 Å². The van der Waals surface area contributed by atoms with Crippen LogP contribution in [0.3, 0.4) is 0 Å². The molecule has 1 nitrogen and oxygen atoms in total. The maximum atomic E-state index is 5.78. The molecule has 0 aromatic heterocycles. The topological polar surface area (TPSA) is 14.1 Å².